The molecule has 0 radical (unpaired) electrons. The maximum Gasteiger partial charge on any atom is 0.303 e. The van der Waals surface area contributed by atoms with Gasteiger partial charge in [0.05, 0.1) is 6.04 Å². The van der Waals surface area contributed by atoms with E-state index in [-0.39, 0.29) is 18.4 Å². The van der Waals surface area contributed by atoms with Crippen LogP contribution < -0.4 is 5.32 Å². The lowest BCUT2D eigenvalue weighted by Gasteiger charge is -2.26. The minimum atomic E-state index is -0.815. The molecular formula is C13H24N2O3. The van der Waals surface area contributed by atoms with Crippen LogP contribution in [0.15, 0.2) is 0 Å². The fraction of sp³-hybridized carbons (Fsp3) is 0.846. The molecule has 0 bridgehead atoms. The molecule has 1 amide bonds. The number of nitrogens with zero attached hydrogens (tertiary/aromatic N) is 1. The Morgan fingerprint density at radius 3 is 2.39 bits per heavy atom. The van der Waals surface area contributed by atoms with E-state index < -0.39 is 5.97 Å². The Morgan fingerprint density at radius 1 is 1.22 bits per heavy atom. The molecule has 1 atom stereocenters. The fourth-order valence-electron chi connectivity index (χ4n) is 2.25. The molecule has 1 aliphatic rings. The van der Waals surface area contributed by atoms with E-state index in [0.29, 0.717) is 13.0 Å². The Hall–Kier alpha value is -1.10. The molecule has 5 heteroatoms. The largest absolute Gasteiger partial charge is 0.481 e. The highest BCUT2D eigenvalue weighted by Gasteiger charge is 2.21. The summed E-state index contributed by atoms with van der Waals surface area (Å²) >= 11 is 0. The Bertz CT molecular complexity index is 273. The van der Waals surface area contributed by atoms with Gasteiger partial charge in [0.25, 0.3) is 0 Å². The van der Waals surface area contributed by atoms with E-state index in [9.17, 15) is 9.59 Å². The van der Waals surface area contributed by atoms with E-state index in [4.69, 9.17) is 5.11 Å². The van der Waals surface area contributed by atoms with Crippen LogP contribution in [0.4, 0.5) is 0 Å². The second-order valence-corrected chi connectivity index (χ2v) is 4.91. The minimum Gasteiger partial charge on any atom is -0.481 e. The van der Waals surface area contributed by atoms with Gasteiger partial charge in [0.15, 0.2) is 0 Å². The molecule has 0 spiro atoms. The van der Waals surface area contributed by atoms with Crippen LogP contribution in [0.25, 0.3) is 0 Å². The Kier molecular flexibility index (Phi) is 6.72. The average Bonchev–Trinajstić information content (AvgIpc) is 2.61. The highest BCUT2D eigenvalue weighted by Crippen LogP contribution is 2.12. The number of carboxylic acid groups (broad SMARTS) is 1. The normalized spacial score (nSPS) is 18.9. The van der Waals surface area contributed by atoms with Crippen molar-refractivity contribution in [3.05, 3.63) is 0 Å². The topological polar surface area (TPSA) is 69.6 Å². The van der Waals surface area contributed by atoms with E-state index in [1.165, 1.54) is 12.8 Å². The molecule has 0 aromatic carbocycles. The SMILES string of the molecule is CC(C(=O)NCCCC(=O)O)N1CCCCCC1. The molecule has 18 heavy (non-hydrogen) atoms. The third-order valence-corrected chi connectivity index (χ3v) is 3.43. The summed E-state index contributed by atoms with van der Waals surface area (Å²) in [5.74, 6) is -0.799. The van der Waals surface area contributed by atoms with Gasteiger partial charge >= 0.3 is 5.97 Å². The average molecular weight is 256 g/mol. The summed E-state index contributed by atoms with van der Waals surface area (Å²) in [6, 6.07) is -0.104. The van der Waals surface area contributed by atoms with Crippen LogP contribution in [0.5, 0.6) is 0 Å². The zero-order chi connectivity index (χ0) is 13.4. The first-order valence-electron chi connectivity index (χ1n) is 6.85. The van der Waals surface area contributed by atoms with Crippen molar-refractivity contribution in [2.24, 2.45) is 0 Å². The molecule has 2 N–H and O–H groups in total. The van der Waals surface area contributed by atoms with E-state index in [2.05, 4.69) is 10.2 Å². The number of carbonyl (C=O) groups is 2. The maximum absolute atomic E-state index is 11.9. The summed E-state index contributed by atoms with van der Waals surface area (Å²) in [4.78, 5) is 24.5. The van der Waals surface area contributed by atoms with Gasteiger partial charge in [-0.25, -0.2) is 0 Å². The number of likely N-dealkylation sites (tertiary alicyclic amines) is 1. The van der Waals surface area contributed by atoms with E-state index in [1.807, 2.05) is 6.92 Å². The van der Waals surface area contributed by atoms with Gasteiger partial charge in [-0.05, 0) is 39.3 Å². The van der Waals surface area contributed by atoms with Crippen molar-refractivity contribution in [2.75, 3.05) is 19.6 Å². The molecule has 0 aliphatic carbocycles. The fourth-order valence-corrected chi connectivity index (χ4v) is 2.25. The van der Waals surface area contributed by atoms with Gasteiger partial charge in [0, 0.05) is 13.0 Å². The van der Waals surface area contributed by atoms with Gasteiger partial charge in [0.1, 0.15) is 0 Å². The summed E-state index contributed by atoms with van der Waals surface area (Å²) in [5.41, 5.74) is 0. The number of aliphatic carboxylic acids is 1. The number of carboxylic acids is 1. The minimum absolute atomic E-state index is 0.0160. The molecular weight excluding hydrogens is 232 g/mol. The van der Waals surface area contributed by atoms with Gasteiger partial charge in [-0.15, -0.1) is 0 Å². The monoisotopic (exact) mass is 256 g/mol. The van der Waals surface area contributed by atoms with Crippen molar-refractivity contribution in [3.63, 3.8) is 0 Å². The van der Waals surface area contributed by atoms with E-state index in [1.54, 1.807) is 0 Å². The molecule has 1 unspecified atom stereocenters. The highest BCUT2D eigenvalue weighted by molar-refractivity contribution is 5.81. The third-order valence-electron chi connectivity index (χ3n) is 3.43. The Labute approximate surface area is 109 Å². The number of amides is 1. The molecule has 0 aromatic heterocycles. The van der Waals surface area contributed by atoms with Crippen LogP contribution in [0.1, 0.15) is 45.4 Å². The van der Waals surface area contributed by atoms with Gasteiger partial charge in [-0.2, -0.15) is 0 Å². The Balaban J connectivity index is 2.24. The lowest BCUT2D eigenvalue weighted by atomic mass is 10.2. The predicted octanol–water partition coefficient (Wildman–Crippen LogP) is 1.23. The lowest BCUT2D eigenvalue weighted by molar-refractivity contribution is -0.137. The molecule has 1 heterocycles. The second kappa shape index (κ2) is 8.08. The summed E-state index contributed by atoms with van der Waals surface area (Å²) in [7, 11) is 0. The smallest absolute Gasteiger partial charge is 0.303 e. The van der Waals surface area contributed by atoms with E-state index in [0.717, 1.165) is 25.9 Å². The van der Waals surface area contributed by atoms with Crippen molar-refractivity contribution in [1.29, 1.82) is 0 Å². The van der Waals surface area contributed by atoms with Crippen molar-refractivity contribution in [1.82, 2.24) is 10.2 Å². The summed E-state index contributed by atoms with van der Waals surface area (Å²) in [6.45, 7) is 4.36. The Morgan fingerprint density at radius 2 is 1.83 bits per heavy atom. The van der Waals surface area contributed by atoms with Crippen LogP contribution in [0.3, 0.4) is 0 Å². The van der Waals surface area contributed by atoms with Gasteiger partial charge in [-0.3, -0.25) is 14.5 Å². The van der Waals surface area contributed by atoms with Crippen molar-refractivity contribution in [3.8, 4) is 0 Å². The summed E-state index contributed by atoms with van der Waals surface area (Å²) in [6.07, 6.45) is 5.44. The van der Waals surface area contributed by atoms with Crippen molar-refractivity contribution in [2.45, 2.75) is 51.5 Å². The van der Waals surface area contributed by atoms with Gasteiger partial charge in [-0.1, -0.05) is 12.8 Å². The predicted molar refractivity (Wildman–Crippen MR) is 69.4 cm³/mol. The second-order valence-electron chi connectivity index (χ2n) is 4.91. The van der Waals surface area contributed by atoms with Gasteiger partial charge < -0.3 is 10.4 Å². The number of rotatable bonds is 6. The molecule has 0 saturated carbocycles. The molecule has 1 aliphatic heterocycles. The zero-order valence-electron chi connectivity index (χ0n) is 11.2. The molecule has 0 aromatic rings. The molecule has 5 nitrogen and oxygen atoms in total. The van der Waals surface area contributed by atoms with E-state index >= 15 is 0 Å². The first kappa shape index (κ1) is 15.0. The third kappa shape index (κ3) is 5.49. The number of carbonyl (C=O) groups excluding carboxylic acids is 1. The summed E-state index contributed by atoms with van der Waals surface area (Å²) in [5, 5.41) is 11.3. The van der Waals surface area contributed by atoms with Crippen LogP contribution in [0.2, 0.25) is 0 Å². The summed E-state index contributed by atoms with van der Waals surface area (Å²) < 4.78 is 0. The van der Waals surface area contributed by atoms with Crippen LogP contribution in [-0.4, -0.2) is 47.6 Å². The molecule has 1 rings (SSSR count). The van der Waals surface area contributed by atoms with Crippen molar-refractivity contribution >= 4 is 11.9 Å². The lowest BCUT2D eigenvalue weighted by Crippen LogP contribution is -2.45. The molecule has 1 fully saturated rings. The van der Waals surface area contributed by atoms with Crippen LogP contribution in [-0.2, 0) is 9.59 Å². The quantitative estimate of drug-likeness (QED) is 0.701. The molecule has 1 saturated heterocycles. The number of nitrogens with one attached hydrogen (secondary N) is 1. The number of hydrogen-bond donors (Lipinski definition) is 2. The zero-order valence-corrected chi connectivity index (χ0v) is 11.2. The first-order valence-corrected chi connectivity index (χ1v) is 6.85. The van der Waals surface area contributed by atoms with Crippen molar-refractivity contribution < 1.29 is 14.7 Å². The van der Waals surface area contributed by atoms with Crippen LogP contribution in [0, 0.1) is 0 Å². The van der Waals surface area contributed by atoms with Crippen LogP contribution >= 0.6 is 0 Å². The maximum atomic E-state index is 11.9. The molecule has 104 valence electrons. The first-order chi connectivity index (χ1) is 8.61. The van der Waals surface area contributed by atoms with Gasteiger partial charge in [0.2, 0.25) is 5.91 Å². The number of hydrogen-bond acceptors (Lipinski definition) is 3. The standard InChI is InChI=1S/C13H24N2O3/c1-11(15-9-4-2-3-5-10-15)13(18)14-8-6-7-12(16)17/h11H,2-10H2,1H3,(H,14,18)(H,16,17). The highest BCUT2D eigenvalue weighted by atomic mass is 16.4.